The van der Waals surface area contributed by atoms with Gasteiger partial charge in [0.05, 0.1) is 6.54 Å². The van der Waals surface area contributed by atoms with Crippen LogP contribution in [0.5, 0.6) is 11.5 Å². The Kier molecular flexibility index (Phi) is 6.87. The number of hydrogen-bond acceptors (Lipinski definition) is 3. The number of para-hydroxylation sites is 1. The van der Waals surface area contributed by atoms with Crippen LogP contribution in [-0.4, -0.2) is 25.2 Å². The number of carbonyl (C=O) groups is 1. The lowest BCUT2D eigenvalue weighted by atomic mass is 10.0. The standard InChI is InChI=1S/C21H27NO3/c1-15(2)19-7-5-6-8-20(19)24-14-13-22-21(23)17(4)25-18-11-9-16(3)10-12-18/h5-12,15,17H,13-14H2,1-4H3,(H,22,23). The summed E-state index contributed by atoms with van der Waals surface area (Å²) in [6.07, 6.45) is -0.550. The van der Waals surface area contributed by atoms with E-state index in [1.165, 1.54) is 5.56 Å². The van der Waals surface area contributed by atoms with Gasteiger partial charge in [0.15, 0.2) is 6.10 Å². The van der Waals surface area contributed by atoms with Crippen LogP contribution < -0.4 is 14.8 Å². The summed E-state index contributed by atoms with van der Waals surface area (Å²) in [5, 5.41) is 2.84. The van der Waals surface area contributed by atoms with Crippen molar-refractivity contribution < 1.29 is 14.3 Å². The van der Waals surface area contributed by atoms with Gasteiger partial charge in [-0.25, -0.2) is 0 Å². The number of nitrogens with one attached hydrogen (secondary N) is 1. The number of ether oxygens (including phenoxy) is 2. The SMILES string of the molecule is Cc1ccc(OC(C)C(=O)NCCOc2ccccc2C(C)C)cc1. The van der Waals surface area contributed by atoms with Crippen LogP contribution in [0, 0.1) is 6.92 Å². The Morgan fingerprint density at radius 3 is 2.40 bits per heavy atom. The van der Waals surface area contributed by atoms with E-state index in [4.69, 9.17) is 9.47 Å². The zero-order valence-corrected chi connectivity index (χ0v) is 15.4. The highest BCUT2D eigenvalue weighted by molar-refractivity contribution is 5.80. The highest BCUT2D eigenvalue weighted by Crippen LogP contribution is 2.25. The zero-order valence-electron chi connectivity index (χ0n) is 15.4. The molecule has 0 saturated heterocycles. The van der Waals surface area contributed by atoms with E-state index in [0.717, 1.165) is 11.3 Å². The van der Waals surface area contributed by atoms with E-state index in [1.807, 2.05) is 49.4 Å². The molecule has 4 nitrogen and oxygen atoms in total. The molecule has 4 heteroatoms. The second kappa shape index (κ2) is 9.11. The van der Waals surface area contributed by atoms with Crippen LogP contribution >= 0.6 is 0 Å². The average Bonchev–Trinajstić information content (AvgIpc) is 2.60. The third-order valence-electron chi connectivity index (χ3n) is 3.90. The fourth-order valence-corrected chi connectivity index (χ4v) is 2.44. The first-order valence-corrected chi connectivity index (χ1v) is 8.70. The van der Waals surface area contributed by atoms with Crippen LogP contribution in [0.1, 0.15) is 37.8 Å². The molecule has 0 fully saturated rings. The summed E-state index contributed by atoms with van der Waals surface area (Å²) < 4.78 is 11.4. The molecule has 0 aromatic heterocycles. The van der Waals surface area contributed by atoms with Crippen molar-refractivity contribution in [2.24, 2.45) is 0 Å². The van der Waals surface area contributed by atoms with Gasteiger partial charge in [-0.1, -0.05) is 49.7 Å². The van der Waals surface area contributed by atoms with Crippen LogP contribution in [0.25, 0.3) is 0 Å². The molecule has 134 valence electrons. The molecule has 1 unspecified atom stereocenters. The minimum Gasteiger partial charge on any atom is -0.491 e. The number of aryl methyl sites for hydroxylation is 1. The molecule has 0 aliphatic rings. The molecule has 2 rings (SSSR count). The fraction of sp³-hybridized carbons (Fsp3) is 0.381. The maximum atomic E-state index is 12.1. The molecule has 0 spiro atoms. The summed E-state index contributed by atoms with van der Waals surface area (Å²) in [7, 11) is 0. The average molecular weight is 341 g/mol. The van der Waals surface area contributed by atoms with Crippen molar-refractivity contribution in [2.75, 3.05) is 13.2 Å². The molecule has 2 aromatic rings. The maximum Gasteiger partial charge on any atom is 0.260 e. The second-order valence-electron chi connectivity index (χ2n) is 6.41. The zero-order chi connectivity index (χ0) is 18.2. The Hall–Kier alpha value is -2.49. The van der Waals surface area contributed by atoms with Crippen LogP contribution in [0.3, 0.4) is 0 Å². The Morgan fingerprint density at radius 2 is 1.72 bits per heavy atom. The monoisotopic (exact) mass is 341 g/mol. The highest BCUT2D eigenvalue weighted by atomic mass is 16.5. The second-order valence-corrected chi connectivity index (χ2v) is 6.41. The van der Waals surface area contributed by atoms with Gasteiger partial charge in [-0.05, 0) is 43.5 Å². The lowest BCUT2D eigenvalue weighted by Crippen LogP contribution is -2.38. The van der Waals surface area contributed by atoms with Crippen LogP contribution in [0.4, 0.5) is 0 Å². The van der Waals surface area contributed by atoms with E-state index in [0.29, 0.717) is 24.8 Å². The van der Waals surface area contributed by atoms with Crippen molar-refractivity contribution in [3.63, 3.8) is 0 Å². The van der Waals surface area contributed by atoms with Gasteiger partial charge >= 0.3 is 0 Å². The van der Waals surface area contributed by atoms with Gasteiger partial charge in [0, 0.05) is 0 Å². The third kappa shape index (κ3) is 5.82. The summed E-state index contributed by atoms with van der Waals surface area (Å²) >= 11 is 0. The van der Waals surface area contributed by atoms with Gasteiger partial charge < -0.3 is 14.8 Å². The fourth-order valence-electron chi connectivity index (χ4n) is 2.44. The van der Waals surface area contributed by atoms with Crippen molar-refractivity contribution in [2.45, 2.75) is 39.7 Å². The van der Waals surface area contributed by atoms with Crippen molar-refractivity contribution in [1.29, 1.82) is 0 Å². The molecule has 0 aliphatic heterocycles. The molecule has 0 heterocycles. The number of carbonyl (C=O) groups excluding carboxylic acids is 1. The van der Waals surface area contributed by atoms with Crippen molar-refractivity contribution in [3.8, 4) is 11.5 Å². The van der Waals surface area contributed by atoms with Gasteiger partial charge in [0.2, 0.25) is 0 Å². The summed E-state index contributed by atoms with van der Waals surface area (Å²) in [6.45, 7) is 8.88. The first-order valence-electron chi connectivity index (χ1n) is 8.70. The van der Waals surface area contributed by atoms with Crippen LogP contribution in [0.2, 0.25) is 0 Å². The quantitative estimate of drug-likeness (QED) is 0.736. The number of rotatable bonds is 8. The Balaban J connectivity index is 1.76. The minimum atomic E-state index is -0.550. The molecule has 1 atom stereocenters. The Labute approximate surface area is 150 Å². The van der Waals surface area contributed by atoms with Crippen molar-refractivity contribution in [1.82, 2.24) is 5.32 Å². The molecule has 2 aromatic carbocycles. The molecule has 25 heavy (non-hydrogen) atoms. The third-order valence-corrected chi connectivity index (χ3v) is 3.90. The van der Waals surface area contributed by atoms with Gasteiger partial charge in [0.1, 0.15) is 18.1 Å². The maximum absolute atomic E-state index is 12.1. The molecule has 1 amide bonds. The summed E-state index contributed by atoms with van der Waals surface area (Å²) in [4.78, 5) is 12.1. The molecular formula is C21H27NO3. The van der Waals surface area contributed by atoms with E-state index in [9.17, 15) is 4.79 Å². The Bertz CT molecular complexity index is 680. The van der Waals surface area contributed by atoms with Gasteiger partial charge in [-0.3, -0.25) is 4.79 Å². The largest absolute Gasteiger partial charge is 0.491 e. The molecule has 1 N–H and O–H groups in total. The predicted molar refractivity (Wildman–Crippen MR) is 100 cm³/mol. The lowest BCUT2D eigenvalue weighted by molar-refractivity contribution is -0.127. The van der Waals surface area contributed by atoms with Crippen molar-refractivity contribution in [3.05, 3.63) is 59.7 Å². The first-order chi connectivity index (χ1) is 12.0. The number of amides is 1. The lowest BCUT2D eigenvalue weighted by Gasteiger charge is -2.16. The molecule has 0 bridgehead atoms. The normalized spacial score (nSPS) is 11.9. The molecular weight excluding hydrogens is 314 g/mol. The van der Waals surface area contributed by atoms with Crippen molar-refractivity contribution >= 4 is 5.91 Å². The van der Waals surface area contributed by atoms with E-state index in [2.05, 4.69) is 25.2 Å². The van der Waals surface area contributed by atoms with E-state index in [1.54, 1.807) is 6.92 Å². The van der Waals surface area contributed by atoms with Crippen LogP contribution in [-0.2, 0) is 4.79 Å². The smallest absolute Gasteiger partial charge is 0.260 e. The van der Waals surface area contributed by atoms with Gasteiger partial charge in [-0.2, -0.15) is 0 Å². The predicted octanol–water partition coefficient (Wildman–Crippen LogP) is 4.08. The first kappa shape index (κ1) is 18.8. The van der Waals surface area contributed by atoms with Gasteiger partial charge in [-0.15, -0.1) is 0 Å². The van der Waals surface area contributed by atoms with E-state index < -0.39 is 6.10 Å². The summed E-state index contributed by atoms with van der Waals surface area (Å²) in [6, 6.07) is 15.6. The minimum absolute atomic E-state index is 0.152. The van der Waals surface area contributed by atoms with Gasteiger partial charge in [0.25, 0.3) is 5.91 Å². The number of benzene rings is 2. The van der Waals surface area contributed by atoms with E-state index >= 15 is 0 Å². The molecule has 0 radical (unpaired) electrons. The molecule has 0 saturated carbocycles. The summed E-state index contributed by atoms with van der Waals surface area (Å²) in [5.74, 6) is 1.81. The topological polar surface area (TPSA) is 47.6 Å². The number of hydrogen-bond donors (Lipinski definition) is 1. The van der Waals surface area contributed by atoms with Crippen LogP contribution in [0.15, 0.2) is 48.5 Å². The highest BCUT2D eigenvalue weighted by Gasteiger charge is 2.14. The Morgan fingerprint density at radius 1 is 1.04 bits per heavy atom. The molecule has 0 aliphatic carbocycles. The van der Waals surface area contributed by atoms with E-state index in [-0.39, 0.29) is 5.91 Å². The summed E-state index contributed by atoms with van der Waals surface area (Å²) in [5.41, 5.74) is 2.33.